The molecular weight excluding hydrogens is 246 g/mol. The molecule has 3 heteroatoms. The van der Waals surface area contributed by atoms with Crippen LogP contribution in [-0.4, -0.2) is 9.55 Å². The Balaban J connectivity index is 1.89. The minimum atomic E-state index is -0.163. The van der Waals surface area contributed by atoms with Gasteiger partial charge in [-0.25, -0.2) is 4.98 Å². The topological polar surface area (TPSA) is 43.8 Å². The van der Waals surface area contributed by atoms with Gasteiger partial charge in [-0.15, -0.1) is 0 Å². The predicted octanol–water partition coefficient (Wildman–Crippen LogP) is 3.42. The van der Waals surface area contributed by atoms with Gasteiger partial charge >= 0.3 is 0 Å². The first kappa shape index (κ1) is 11.7. The number of hydrogen-bond donors (Lipinski definition) is 1. The average molecular weight is 263 g/mol. The highest BCUT2D eigenvalue weighted by Gasteiger charge is 2.30. The smallest absolute Gasteiger partial charge is 0.131 e. The molecule has 3 nitrogen and oxygen atoms in total. The number of rotatable bonds is 3. The molecule has 100 valence electrons. The lowest BCUT2D eigenvalue weighted by molar-refractivity contribution is 0.659. The van der Waals surface area contributed by atoms with E-state index in [1.165, 1.54) is 18.4 Å². The van der Waals surface area contributed by atoms with Gasteiger partial charge in [-0.1, -0.05) is 42.5 Å². The molecule has 0 radical (unpaired) electrons. The van der Waals surface area contributed by atoms with Crippen LogP contribution in [0.2, 0.25) is 0 Å². The number of nitrogens with two attached hydrogens (primary N) is 1. The number of benzene rings is 2. The summed E-state index contributed by atoms with van der Waals surface area (Å²) >= 11 is 0. The molecule has 1 fully saturated rings. The van der Waals surface area contributed by atoms with Crippen molar-refractivity contribution in [2.75, 3.05) is 0 Å². The summed E-state index contributed by atoms with van der Waals surface area (Å²) in [7, 11) is 0. The zero-order chi connectivity index (χ0) is 13.5. The average Bonchev–Trinajstić information content (AvgIpc) is 3.27. The summed E-state index contributed by atoms with van der Waals surface area (Å²) in [5.41, 5.74) is 9.83. The molecule has 1 aliphatic carbocycles. The van der Waals surface area contributed by atoms with Crippen molar-refractivity contribution in [1.82, 2.24) is 9.55 Å². The standard InChI is InChI=1S/C17H17N3/c18-16(12-6-2-1-3-7-12)17-19-14-8-4-5-9-15(14)20(17)13-10-11-13/h1-9,13,16H,10-11,18H2. The van der Waals surface area contributed by atoms with E-state index in [0.717, 1.165) is 16.9 Å². The molecule has 1 atom stereocenters. The number of hydrogen-bond acceptors (Lipinski definition) is 2. The van der Waals surface area contributed by atoms with Crippen molar-refractivity contribution < 1.29 is 0 Å². The van der Waals surface area contributed by atoms with Crippen LogP contribution in [0, 0.1) is 0 Å². The van der Waals surface area contributed by atoms with Crippen LogP contribution < -0.4 is 5.73 Å². The summed E-state index contributed by atoms with van der Waals surface area (Å²) in [6, 6.07) is 18.9. The molecule has 1 heterocycles. The quantitative estimate of drug-likeness (QED) is 0.787. The highest BCUT2D eigenvalue weighted by atomic mass is 15.1. The fourth-order valence-corrected chi connectivity index (χ4v) is 2.81. The summed E-state index contributed by atoms with van der Waals surface area (Å²) in [6.45, 7) is 0. The zero-order valence-electron chi connectivity index (χ0n) is 11.2. The maximum Gasteiger partial charge on any atom is 0.131 e. The Hall–Kier alpha value is -2.13. The van der Waals surface area contributed by atoms with Gasteiger partial charge in [-0.3, -0.25) is 0 Å². The monoisotopic (exact) mass is 263 g/mol. The molecule has 1 unspecified atom stereocenters. The van der Waals surface area contributed by atoms with Crippen molar-refractivity contribution in [2.45, 2.75) is 24.9 Å². The minimum Gasteiger partial charge on any atom is -0.323 e. The summed E-state index contributed by atoms with van der Waals surface area (Å²) < 4.78 is 2.34. The zero-order valence-corrected chi connectivity index (χ0v) is 11.2. The highest BCUT2D eigenvalue weighted by molar-refractivity contribution is 5.76. The third kappa shape index (κ3) is 1.82. The Labute approximate surface area is 118 Å². The van der Waals surface area contributed by atoms with E-state index in [2.05, 4.69) is 34.9 Å². The molecule has 1 saturated carbocycles. The van der Waals surface area contributed by atoms with Crippen LogP contribution in [0.3, 0.4) is 0 Å². The number of imidazole rings is 1. The summed E-state index contributed by atoms with van der Waals surface area (Å²) in [6.07, 6.45) is 2.46. The van der Waals surface area contributed by atoms with Gasteiger partial charge in [0.1, 0.15) is 5.82 Å². The van der Waals surface area contributed by atoms with Crippen molar-refractivity contribution in [3.63, 3.8) is 0 Å². The maximum absolute atomic E-state index is 6.46. The third-order valence-electron chi connectivity index (χ3n) is 3.97. The van der Waals surface area contributed by atoms with E-state index in [4.69, 9.17) is 10.7 Å². The van der Waals surface area contributed by atoms with Crippen molar-refractivity contribution >= 4 is 11.0 Å². The van der Waals surface area contributed by atoms with Gasteiger partial charge in [0.25, 0.3) is 0 Å². The largest absolute Gasteiger partial charge is 0.323 e. The van der Waals surface area contributed by atoms with Crippen LogP contribution in [-0.2, 0) is 0 Å². The Morgan fingerprint density at radius 2 is 1.70 bits per heavy atom. The van der Waals surface area contributed by atoms with E-state index in [-0.39, 0.29) is 6.04 Å². The Morgan fingerprint density at radius 3 is 2.45 bits per heavy atom. The molecule has 0 saturated heterocycles. The van der Waals surface area contributed by atoms with Crippen molar-refractivity contribution in [3.8, 4) is 0 Å². The molecule has 2 aromatic carbocycles. The lowest BCUT2D eigenvalue weighted by Gasteiger charge is -2.14. The molecule has 2 N–H and O–H groups in total. The SMILES string of the molecule is NC(c1ccccc1)c1nc2ccccc2n1C1CC1. The highest BCUT2D eigenvalue weighted by Crippen LogP contribution is 2.40. The van der Waals surface area contributed by atoms with Crippen molar-refractivity contribution in [2.24, 2.45) is 5.73 Å². The van der Waals surface area contributed by atoms with Gasteiger partial charge < -0.3 is 10.3 Å². The van der Waals surface area contributed by atoms with Crippen LogP contribution in [0.25, 0.3) is 11.0 Å². The first-order chi connectivity index (χ1) is 9.84. The van der Waals surface area contributed by atoms with Crippen LogP contribution >= 0.6 is 0 Å². The molecule has 0 aliphatic heterocycles. The van der Waals surface area contributed by atoms with Gasteiger partial charge in [0.15, 0.2) is 0 Å². The van der Waals surface area contributed by atoms with E-state index < -0.39 is 0 Å². The lowest BCUT2D eigenvalue weighted by atomic mass is 10.1. The van der Waals surface area contributed by atoms with Gasteiger partial charge in [-0.05, 0) is 30.5 Å². The summed E-state index contributed by atoms with van der Waals surface area (Å²) in [5.74, 6) is 0.986. The van der Waals surface area contributed by atoms with E-state index in [9.17, 15) is 0 Å². The van der Waals surface area contributed by atoms with Crippen LogP contribution in [0.5, 0.6) is 0 Å². The van der Waals surface area contributed by atoms with Gasteiger partial charge in [-0.2, -0.15) is 0 Å². The Bertz CT molecular complexity index is 741. The fraction of sp³-hybridized carbons (Fsp3) is 0.235. The van der Waals surface area contributed by atoms with Crippen LogP contribution in [0.1, 0.15) is 36.3 Å². The van der Waals surface area contributed by atoms with Crippen molar-refractivity contribution in [3.05, 3.63) is 66.0 Å². The van der Waals surface area contributed by atoms with E-state index in [1.54, 1.807) is 0 Å². The molecule has 0 spiro atoms. The second-order valence-electron chi connectivity index (χ2n) is 5.45. The van der Waals surface area contributed by atoms with E-state index in [0.29, 0.717) is 6.04 Å². The Kier molecular flexibility index (Phi) is 2.60. The van der Waals surface area contributed by atoms with E-state index >= 15 is 0 Å². The third-order valence-corrected chi connectivity index (χ3v) is 3.97. The number of para-hydroxylation sites is 2. The molecule has 20 heavy (non-hydrogen) atoms. The van der Waals surface area contributed by atoms with E-state index in [1.807, 2.05) is 24.3 Å². The first-order valence-electron chi connectivity index (χ1n) is 7.12. The van der Waals surface area contributed by atoms with Crippen molar-refractivity contribution in [1.29, 1.82) is 0 Å². The second-order valence-corrected chi connectivity index (χ2v) is 5.45. The van der Waals surface area contributed by atoms with Gasteiger partial charge in [0, 0.05) is 6.04 Å². The Morgan fingerprint density at radius 1 is 1.00 bits per heavy atom. The molecular formula is C17H17N3. The molecule has 3 aromatic rings. The first-order valence-corrected chi connectivity index (χ1v) is 7.12. The molecule has 1 aromatic heterocycles. The molecule has 1 aliphatic rings. The number of nitrogens with zero attached hydrogens (tertiary/aromatic N) is 2. The number of aromatic nitrogens is 2. The molecule has 0 bridgehead atoms. The maximum atomic E-state index is 6.46. The van der Waals surface area contributed by atoms with Crippen LogP contribution in [0.15, 0.2) is 54.6 Å². The van der Waals surface area contributed by atoms with Gasteiger partial charge in [0.05, 0.1) is 17.1 Å². The number of fused-ring (bicyclic) bond motifs is 1. The lowest BCUT2D eigenvalue weighted by Crippen LogP contribution is -2.17. The normalized spacial score (nSPS) is 16.4. The predicted molar refractivity (Wildman–Crippen MR) is 80.5 cm³/mol. The fourth-order valence-electron chi connectivity index (χ4n) is 2.81. The summed E-state index contributed by atoms with van der Waals surface area (Å²) in [4.78, 5) is 4.79. The molecule has 4 rings (SSSR count). The molecule has 0 amide bonds. The van der Waals surface area contributed by atoms with Crippen LogP contribution in [0.4, 0.5) is 0 Å². The van der Waals surface area contributed by atoms with Gasteiger partial charge in [0.2, 0.25) is 0 Å². The summed E-state index contributed by atoms with van der Waals surface area (Å²) in [5, 5.41) is 0. The second kappa shape index (κ2) is 4.46. The minimum absolute atomic E-state index is 0.163.